The van der Waals surface area contributed by atoms with Gasteiger partial charge in [0, 0.05) is 12.6 Å². The molecule has 0 fully saturated rings. The number of carboxylic acid groups (broad SMARTS) is 1. The molecule has 104 valence electrons. The number of anilines is 1. The largest absolute Gasteiger partial charge is 0.477 e. The molecule has 0 spiro atoms. The van der Waals surface area contributed by atoms with Gasteiger partial charge in [0.25, 0.3) is 0 Å². The Morgan fingerprint density at radius 2 is 2.16 bits per heavy atom. The summed E-state index contributed by atoms with van der Waals surface area (Å²) in [6.07, 6.45) is 1.83. The Labute approximate surface area is 110 Å². The standard InChI is InChI=1S/C12H17N3O4/c1-12(2,3)4-5-13-10-6-8(11(16)17)9(7-14-10)15(18)19/h6-7H,4-5H2,1-3H3,(H,13,14)(H,16,17). The molecule has 0 aliphatic rings. The van der Waals surface area contributed by atoms with Crippen molar-refractivity contribution in [2.24, 2.45) is 5.41 Å². The summed E-state index contributed by atoms with van der Waals surface area (Å²) in [6, 6.07) is 1.18. The van der Waals surface area contributed by atoms with Gasteiger partial charge in [-0.15, -0.1) is 0 Å². The van der Waals surface area contributed by atoms with E-state index in [-0.39, 0.29) is 11.0 Å². The number of hydrogen-bond acceptors (Lipinski definition) is 5. The number of pyridine rings is 1. The molecule has 0 unspecified atom stereocenters. The number of aromatic carboxylic acids is 1. The number of nitrogens with zero attached hydrogens (tertiary/aromatic N) is 2. The van der Waals surface area contributed by atoms with Crippen LogP contribution in [0.1, 0.15) is 37.6 Å². The van der Waals surface area contributed by atoms with Crippen LogP contribution in [0, 0.1) is 15.5 Å². The van der Waals surface area contributed by atoms with Gasteiger partial charge >= 0.3 is 11.7 Å². The zero-order valence-corrected chi connectivity index (χ0v) is 11.1. The molecular formula is C12H17N3O4. The maximum absolute atomic E-state index is 11.0. The normalized spacial score (nSPS) is 11.1. The summed E-state index contributed by atoms with van der Waals surface area (Å²) in [7, 11) is 0. The van der Waals surface area contributed by atoms with Crippen molar-refractivity contribution in [3.63, 3.8) is 0 Å². The first-order valence-corrected chi connectivity index (χ1v) is 5.82. The van der Waals surface area contributed by atoms with E-state index < -0.39 is 16.6 Å². The Bertz CT molecular complexity index is 494. The number of carbonyl (C=O) groups is 1. The molecule has 0 radical (unpaired) electrons. The van der Waals surface area contributed by atoms with Crippen molar-refractivity contribution in [1.29, 1.82) is 0 Å². The number of carboxylic acids is 1. The lowest BCUT2D eigenvalue weighted by Crippen LogP contribution is -2.14. The summed E-state index contributed by atoms with van der Waals surface area (Å²) in [5.41, 5.74) is -0.726. The monoisotopic (exact) mass is 267 g/mol. The van der Waals surface area contributed by atoms with Crippen molar-refractivity contribution >= 4 is 17.5 Å². The first kappa shape index (κ1) is 14.9. The van der Waals surface area contributed by atoms with Gasteiger partial charge in [0.1, 0.15) is 17.6 Å². The van der Waals surface area contributed by atoms with Crippen LogP contribution in [0.4, 0.5) is 11.5 Å². The van der Waals surface area contributed by atoms with Gasteiger partial charge in [-0.05, 0) is 11.8 Å². The predicted octanol–water partition coefficient (Wildman–Crippen LogP) is 2.54. The highest BCUT2D eigenvalue weighted by Gasteiger charge is 2.21. The van der Waals surface area contributed by atoms with Crippen LogP contribution in [-0.2, 0) is 0 Å². The molecule has 0 aromatic carbocycles. The average molecular weight is 267 g/mol. The van der Waals surface area contributed by atoms with Gasteiger partial charge in [-0.1, -0.05) is 20.8 Å². The summed E-state index contributed by atoms with van der Waals surface area (Å²) >= 11 is 0. The van der Waals surface area contributed by atoms with Gasteiger partial charge in [-0.3, -0.25) is 10.1 Å². The SMILES string of the molecule is CC(C)(C)CCNc1cc(C(=O)O)c([N+](=O)[O-])cn1. The van der Waals surface area contributed by atoms with Crippen molar-refractivity contribution in [2.75, 3.05) is 11.9 Å². The lowest BCUT2D eigenvalue weighted by Gasteiger charge is -2.18. The predicted molar refractivity (Wildman–Crippen MR) is 70.4 cm³/mol. The number of nitro groups is 1. The molecule has 0 saturated carbocycles. The zero-order valence-electron chi connectivity index (χ0n) is 11.1. The average Bonchev–Trinajstić information content (AvgIpc) is 2.26. The molecule has 7 nitrogen and oxygen atoms in total. The van der Waals surface area contributed by atoms with Crippen LogP contribution in [0.3, 0.4) is 0 Å². The fraction of sp³-hybridized carbons (Fsp3) is 0.500. The third-order valence-electron chi connectivity index (χ3n) is 2.49. The van der Waals surface area contributed by atoms with Crippen molar-refractivity contribution in [1.82, 2.24) is 4.98 Å². The molecule has 2 N–H and O–H groups in total. The minimum atomic E-state index is -1.34. The van der Waals surface area contributed by atoms with E-state index in [4.69, 9.17) is 5.11 Å². The van der Waals surface area contributed by atoms with E-state index in [2.05, 4.69) is 31.1 Å². The van der Waals surface area contributed by atoms with Gasteiger partial charge in [0.15, 0.2) is 0 Å². The molecule has 1 rings (SSSR count). The molecular weight excluding hydrogens is 250 g/mol. The van der Waals surface area contributed by atoms with E-state index in [0.717, 1.165) is 12.6 Å². The molecule has 0 amide bonds. The summed E-state index contributed by atoms with van der Waals surface area (Å²) in [6.45, 7) is 6.87. The molecule has 0 bridgehead atoms. The Morgan fingerprint density at radius 1 is 1.53 bits per heavy atom. The number of hydrogen-bond donors (Lipinski definition) is 2. The fourth-order valence-electron chi connectivity index (χ4n) is 1.43. The second-order valence-electron chi connectivity index (χ2n) is 5.39. The Hall–Kier alpha value is -2.18. The Balaban J connectivity index is 2.85. The molecule has 0 saturated heterocycles. The van der Waals surface area contributed by atoms with Crippen molar-refractivity contribution in [3.8, 4) is 0 Å². The first-order valence-electron chi connectivity index (χ1n) is 5.82. The van der Waals surface area contributed by atoms with Crippen LogP contribution >= 0.6 is 0 Å². The fourth-order valence-corrected chi connectivity index (χ4v) is 1.43. The van der Waals surface area contributed by atoms with Crippen LogP contribution in [-0.4, -0.2) is 27.5 Å². The molecule has 7 heteroatoms. The third-order valence-corrected chi connectivity index (χ3v) is 2.49. The molecule has 0 atom stereocenters. The van der Waals surface area contributed by atoms with E-state index in [9.17, 15) is 14.9 Å². The summed E-state index contributed by atoms with van der Waals surface area (Å²) < 4.78 is 0. The Morgan fingerprint density at radius 3 is 2.63 bits per heavy atom. The minimum absolute atomic E-state index is 0.142. The molecule has 1 heterocycles. The van der Waals surface area contributed by atoms with Crippen molar-refractivity contribution < 1.29 is 14.8 Å². The van der Waals surface area contributed by atoms with Gasteiger partial charge in [-0.25, -0.2) is 9.78 Å². The molecule has 0 aliphatic heterocycles. The summed E-state index contributed by atoms with van der Waals surface area (Å²) in [5.74, 6) is -1.01. The molecule has 1 aromatic heterocycles. The number of rotatable bonds is 5. The van der Waals surface area contributed by atoms with E-state index in [1.54, 1.807) is 0 Å². The quantitative estimate of drug-likeness (QED) is 0.627. The second kappa shape index (κ2) is 5.64. The lowest BCUT2D eigenvalue weighted by atomic mass is 9.92. The minimum Gasteiger partial charge on any atom is -0.477 e. The van der Waals surface area contributed by atoms with E-state index >= 15 is 0 Å². The highest BCUT2D eigenvalue weighted by atomic mass is 16.6. The molecule has 1 aromatic rings. The number of nitrogens with one attached hydrogen (secondary N) is 1. The van der Waals surface area contributed by atoms with Gasteiger partial charge in [0.05, 0.1) is 4.92 Å². The Kier molecular flexibility index (Phi) is 4.42. The van der Waals surface area contributed by atoms with Crippen LogP contribution < -0.4 is 5.32 Å². The second-order valence-corrected chi connectivity index (χ2v) is 5.39. The summed E-state index contributed by atoms with van der Waals surface area (Å²) in [5, 5.41) is 22.6. The van der Waals surface area contributed by atoms with E-state index in [1.165, 1.54) is 6.07 Å². The van der Waals surface area contributed by atoms with Gasteiger partial charge < -0.3 is 10.4 Å². The number of aromatic nitrogens is 1. The highest BCUT2D eigenvalue weighted by molar-refractivity contribution is 5.93. The molecule has 19 heavy (non-hydrogen) atoms. The lowest BCUT2D eigenvalue weighted by molar-refractivity contribution is -0.385. The van der Waals surface area contributed by atoms with Crippen LogP contribution in [0.25, 0.3) is 0 Å². The smallest absolute Gasteiger partial charge is 0.342 e. The summed E-state index contributed by atoms with van der Waals surface area (Å²) in [4.78, 5) is 24.7. The van der Waals surface area contributed by atoms with Crippen LogP contribution in [0.2, 0.25) is 0 Å². The van der Waals surface area contributed by atoms with Crippen molar-refractivity contribution in [2.45, 2.75) is 27.2 Å². The van der Waals surface area contributed by atoms with E-state index in [0.29, 0.717) is 12.4 Å². The maximum Gasteiger partial charge on any atom is 0.342 e. The third kappa shape index (κ3) is 4.53. The maximum atomic E-state index is 11.0. The zero-order chi connectivity index (χ0) is 14.6. The molecule has 0 aliphatic carbocycles. The topological polar surface area (TPSA) is 105 Å². The van der Waals surface area contributed by atoms with Crippen molar-refractivity contribution in [3.05, 3.63) is 27.9 Å². The van der Waals surface area contributed by atoms with Crippen LogP contribution in [0.5, 0.6) is 0 Å². The highest BCUT2D eigenvalue weighted by Crippen LogP contribution is 2.21. The van der Waals surface area contributed by atoms with Gasteiger partial charge in [0.2, 0.25) is 0 Å². The van der Waals surface area contributed by atoms with E-state index in [1.807, 2.05) is 0 Å². The van der Waals surface area contributed by atoms with Gasteiger partial charge in [-0.2, -0.15) is 0 Å². The first-order chi connectivity index (χ1) is 8.70. The van der Waals surface area contributed by atoms with Crippen LogP contribution in [0.15, 0.2) is 12.3 Å².